The minimum atomic E-state index is -0.503. The molecule has 1 aromatic carbocycles. The summed E-state index contributed by atoms with van der Waals surface area (Å²) in [7, 11) is 0. The van der Waals surface area contributed by atoms with Crippen LogP contribution in [0.15, 0.2) is 16.6 Å². The van der Waals surface area contributed by atoms with Gasteiger partial charge in [-0.1, -0.05) is 12.8 Å². The molecule has 1 aliphatic rings. The molecule has 0 atom stereocenters. The van der Waals surface area contributed by atoms with E-state index in [2.05, 4.69) is 27.5 Å². The lowest BCUT2D eigenvalue weighted by molar-refractivity contribution is 0.499. The van der Waals surface area contributed by atoms with Crippen molar-refractivity contribution in [2.75, 3.05) is 12.8 Å². The van der Waals surface area contributed by atoms with Crippen LogP contribution in [0.4, 0.5) is 8.78 Å². The summed E-state index contributed by atoms with van der Waals surface area (Å²) in [4.78, 5) is 0. The second kappa shape index (κ2) is 6.55. The van der Waals surface area contributed by atoms with Crippen molar-refractivity contribution in [1.29, 1.82) is 0 Å². The maximum absolute atomic E-state index is 13.8. The van der Waals surface area contributed by atoms with Gasteiger partial charge in [0.25, 0.3) is 0 Å². The van der Waals surface area contributed by atoms with Crippen LogP contribution < -0.4 is 5.32 Å². The van der Waals surface area contributed by atoms with Gasteiger partial charge in [0.2, 0.25) is 0 Å². The molecule has 0 spiro atoms. The molecule has 1 fully saturated rings. The van der Waals surface area contributed by atoms with E-state index in [4.69, 9.17) is 0 Å². The molecular formula is C14H18BrF2NS. The molecule has 0 heterocycles. The summed E-state index contributed by atoms with van der Waals surface area (Å²) >= 11 is 4.96. The summed E-state index contributed by atoms with van der Waals surface area (Å²) in [6, 6.07) is 2.69. The molecule has 1 aliphatic carbocycles. The predicted molar refractivity (Wildman–Crippen MR) is 80.5 cm³/mol. The zero-order chi connectivity index (χ0) is 13.9. The highest BCUT2D eigenvalue weighted by Gasteiger charge is 2.32. The van der Waals surface area contributed by atoms with Crippen molar-refractivity contribution < 1.29 is 8.78 Å². The summed E-state index contributed by atoms with van der Waals surface area (Å²) < 4.78 is 28.0. The number of nitrogens with one attached hydrogen (secondary N) is 1. The van der Waals surface area contributed by atoms with Crippen molar-refractivity contribution in [3.63, 3.8) is 0 Å². The van der Waals surface area contributed by atoms with Crippen LogP contribution in [0.2, 0.25) is 0 Å². The van der Waals surface area contributed by atoms with Gasteiger partial charge in [-0.05, 0) is 47.2 Å². The SMILES string of the molecule is CSC1(CNCc2c(F)ccc(Br)c2F)CCCC1. The Morgan fingerprint density at radius 2 is 2.00 bits per heavy atom. The molecule has 1 nitrogen and oxygen atoms in total. The molecule has 0 aromatic heterocycles. The molecule has 0 amide bonds. The van der Waals surface area contributed by atoms with E-state index in [1.165, 1.54) is 37.8 Å². The lowest BCUT2D eigenvalue weighted by Gasteiger charge is -2.27. The molecule has 106 valence electrons. The molecule has 0 aliphatic heterocycles. The Hall–Kier alpha value is -0.130. The van der Waals surface area contributed by atoms with E-state index in [1.54, 1.807) is 0 Å². The maximum atomic E-state index is 13.8. The van der Waals surface area contributed by atoms with E-state index in [0.717, 1.165) is 6.54 Å². The summed E-state index contributed by atoms with van der Waals surface area (Å²) in [6.45, 7) is 1.04. The van der Waals surface area contributed by atoms with Crippen LogP contribution in [-0.2, 0) is 6.54 Å². The Labute approximate surface area is 125 Å². The van der Waals surface area contributed by atoms with Gasteiger partial charge in [-0.15, -0.1) is 0 Å². The van der Waals surface area contributed by atoms with Crippen LogP contribution in [0.3, 0.4) is 0 Å². The Bertz CT molecular complexity index is 447. The molecule has 0 bridgehead atoms. The summed E-state index contributed by atoms with van der Waals surface area (Å²) in [5.41, 5.74) is 0.114. The van der Waals surface area contributed by atoms with Gasteiger partial charge in [0.1, 0.15) is 11.6 Å². The first-order valence-corrected chi connectivity index (χ1v) is 8.48. The lowest BCUT2D eigenvalue weighted by Crippen LogP contribution is -2.35. The average Bonchev–Trinajstić information content (AvgIpc) is 2.88. The van der Waals surface area contributed by atoms with Crippen LogP contribution >= 0.6 is 27.7 Å². The lowest BCUT2D eigenvalue weighted by atomic mass is 10.1. The second-order valence-electron chi connectivity index (χ2n) is 5.02. The van der Waals surface area contributed by atoms with Crippen LogP contribution in [0.5, 0.6) is 0 Å². The minimum absolute atomic E-state index is 0.114. The Balaban J connectivity index is 1.98. The molecule has 0 unspecified atom stereocenters. The highest BCUT2D eigenvalue weighted by Crippen LogP contribution is 2.39. The van der Waals surface area contributed by atoms with E-state index in [1.807, 2.05) is 11.8 Å². The second-order valence-corrected chi connectivity index (χ2v) is 7.15. The van der Waals surface area contributed by atoms with Crippen molar-refractivity contribution in [3.05, 3.63) is 33.8 Å². The number of hydrogen-bond acceptors (Lipinski definition) is 2. The predicted octanol–water partition coefficient (Wildman–Crippen LogP) is 4.49. The van der Waals surface area contributed by atoms with Crippen LogP contribution in [0.25, 0.3) is 0 Å². The van der Waals surface area contributed by atoms with E-state index in [0.29, 0.717) is 4.47 Å². The van der Waals surface area contributed by atoms with Gasteiger partial charge in [-0.3, -0.25) is 0 Å². The average molecular weight is 350 g/mol. The number of benzene rings is 1. The highest BCUT2D eigenvalue weighted by atomic mass is 79.9. The molecule has 1 N–H and O–H groups in total. The van der Waals surface area contributed by atoms with Crippen molar-refractivity contribution >= 4 is 27.7 Å². The fraction of sp³-hybridized carbons (Fsp3) is 0.571. The first kappa shape index (κ1) is 15.3. The van der Waals surface area contributed by atoms with E-state index >= 15 is 0 Å². The number of hydrogen-bond donors (Lipinski definition) is 1. The summed E-state index contributed by atoms with van der Waals surface area (Å²) in [6.07, 6.45) is 6.99. The molecule has 2 rings (SSSR count). The monoisotopic (exact) mass is 349 g/mol. The fourth-order valence-electron chi connectivity index (χ4n) is 2.62. The van der Waals surface area contributed by atoms with E-state index in [9.17, 15) is 8.78 Å². The summed E-state index contributed by atoms with van der Waals surface area (Å²) in [5.74, 6) is -0.991. The molecule has 1 aromatic rings. The summed E-state index contributed by atoms with van der Waals surface area (Å²) in [5, 5.41) is 3.22. The van der Waals surface area contributed by atoms with Crippen molar-refractivity contribution in [2.45, 2.75) is 37.0 Å². The van der Waals surface area contributed by atoms with Gasteiger partial charge in [-0.2, -0.15) is 11.8 Å². The van der Waals surface area contributed by atoms with Gasteiger partial charge < -0.3 is 5.32 Å². The number of thioether (sulfide) groups is 1. The number of halogens is 3. The third-order valence-electron chi connectivity index (χ3n) is 3.84. The fourth-order valence-corrected chi connectivity index (χ4v) is 3.93. The van der Waals surface area contributed by atoms with Gasteiger partial charge in [0.15, 0.2) is 0 Å². The smallest absolute Gasteiger partial charge is 0.144 e. The Morgan fingerprint density at radius 1 is 1.32 bits per heavy atom. The molecule has 19 heavy (non-hydrogen) atoms. The number of rotatable bonds is 5. The zero-order valence-corrected chi connectivity index (χ0v) is 13.3. The first-order valence-electron chi connectivity index (χ1n) is 6.46. The molecule has 0 radical (unpaired) electrons. The van der Waals surface area contributed by atoms with Crippen molar-refractivity contribution in [3.8, 4) is 0 Å². The topological polar surface area (TPSA) is 12.0 Å². The van der Waals surface area contributed by atoms with Crippen LogP contribution in [0.1, 0.15) is 31.2 Å². The largest absolute Gasteiger partial charge is 0.311 e. The van der Waals surface area contributed by atoms with Crippen molar-refractivity contribution in [2.24, 2.45) is 0 Å². The van der Waals surface area contributed by atoms with Gasteiger partial charge in [0.05, 0.1) is 4.47 Å². The highest BCUT2D eigenvalue weighted by molar-refractivity contribution is 9.10. The molecule has 0 saturated heterocycles. The molecule has 1 saturated carbocycles. The Kier molecular flexibility index (Phi) is 5.26. The third kappa shape index (κ3) is 3.50. The van der Waals surface area contributed by atoms with Crippen molar-refractivity contribution in [1.82, 2.24) is 5.32 Å². The van der Waals surface area contributed by atoms with E-state index in [-0.39, 0.29) is 16.9 Å². The zero-order valence-electron chi connectivity index (χ0n) is 10.9. The first-order chi connectivity index (χ1) is 9.08. The quantitative estimate of drug-likeness (QED) is 0.785. The third-order valence-corrected chi connectivity index (χ3v) is 5.87. The normalized spacial score (nSPS) is 17.9. The van der Waals surface area contributed by atoms with Crippen LogP contribution in [-0.4, -0.2) is 17.5 Å². The van der Waals surface area contributed by atoms with Gasteiger partial charge in [0, 0.05) is 23.4 Å². The van der Waals surface area contributed by atoms with E-state index < -0.39 is 11.6 Å². The molecular weight excluding hydrogens is 332 g/mol. The maximum Gasteiger partial charge on any atom is 0.144 e. The van der Waals surface area contributed by atoms with Gasteiger partial charge in [-0.25, -0.2) is 8.78 Å². The Morgan fingerprint density at radius 3 is 2.63 bits per heavy atom. The van der Waals surface area contributed by atoms with Crippen LogP contribution in [0, 0.1) is 11.6 Å². The van der Waals surface area contributed by atoms with Gasteiger partial charge >= 0.3 is 0 Å². The minimum Gasteiger partial charge on any atom is -0.311 e. The molecule has 5 heteroatoms. The standard InChI is InChI=1S/C14H18BrF2NS/c1-19-14(6-2-3-7-14)9-18-8-10-12(16)5-4-11(15)13(10)17/h4-5,18H,2-3,6-9H2,1H3.